The zero-order valence-corrected chi connectivity index (χ0v) is 8.93. The van der Waals surface area contributed by atoms with Crippen LogP contribution in [0, 0.1) is 6.92 Å². The van der Waals surface area contributed by atoms with Gasteiger partial charge in [0.15, 0.2) is 5.82 Å². The van der Waals surface area contributed by atoms with E-state index in [0.29, 0.717) is 11.4 Å². The molecule has 78 valence electrons. The fourth-order valence-electron chi connectivity index (χ4n) is 1.53. The van der Waals surface area contributed by atoms with Crippen molar-refractivity contribution in [3.63, 3.8) is 0 Å². The fourth-order valence-corrected chi connectivity index (χ4v) is 1.53. The van der Waals surface area contributed by atoms with Crippen LogP contribution in [0.15, 0.2) is 18.6 Å². The van der Waals surface area contributed by atoms with Gasteiger partial charge in [-0.2, -0.15) is 5.10 Å². The van der Waals surface area contributed by atoms with Crippen molar-refractivity contribution in [1.29, 1.82) is 0 Å². The van der Waals surface area contributed by atoms with E-state index in [1.807, 2.05) is 6.92 Å². The number of carbonyl (C=O) groups excluding carboxylic acids is 1. The second-order valence-electron chi connectivity index (χ2n) is 3.49. The van der Waals surface area contributed by atoms with E-state index in [4.69, 9.17) is 0 Å². The Morgan fingerprint density at radius 3 is 2.60 bits per heavy atom. The molecule has 0 bridgehead atoms. The predicted octanol–water partition coefficient (Wildman–Crippen LogP) is 0.693. The highest BCUT2D eigenvalue weighted by Gasteiger charge is 2.17. The Labute approximate surface area is 87.4 Å². The van der Waals surface area contributed by atoms with Crippen molar-refractivity contribution in [3.05, 3.63) is 35.7 Å². The predicted molar refractivity (Wildman–Crippen MR) is 54.6 cm³/mol. The molecule has 0 N–H and O–H groups in total. The van der Waals surface area contributed by atoms with E-state index < -0.39 is 0 Å². The van der Waals surface area contributed by atoms with Crippen LogP contribution in [-0.4, -0.2) is 25.1 Å². The number of carbonyl (C=O) groups is 1. The quantitative estimate of drug-likeness (QED) is 0.676. The molecule has 15 heavy (non-hydrogen) atoms. The number of aromatic nitrogens is 4. The van der Waals surface area contributed by atoms with Gasteiger partial charge in [0.25, 0.3) is 0 Å². The molecule has 0 radical (unpaired) electrons. The van der Waals surface area contributed by atoms with Crippen molar-refractivity contribution in [1.82, 2.24) is 19.3 Å². The standard InChI is InChI=1S/C10H12N4O/c1-7-8(6-14(3)12-7)9(15)10-11-4-5-13(10)2/h4-6H,1-3H3. The van der Waals surface area contributed by atoms with Crippen LogP contribution < -0.4 is 0 Å². The van der Waals surface area contributed by atoms with Crippen LogP contribution in [0.4, 0.5) is 0 Å². The normalized spacial score (nSPS) is 10.6. The summed E-state index contributed by atoms with van der Waals surface area (Å²) in [7, 11) is 3.59. The zero-order chi connectivity index (χ0) is 11.0. The first-order valence-corrected chi connectivity index (χ1v) is 4.62. The maximum atomic E-state index is 12.0. The summed E-state index contributed by atoms with van der Waals surface area (Å²) in [4.78, 5) is 16.0. The molecule has 0 amide bonds. The Morgan fingerprint density at radius 2 is 2.13 bits per heavy atom. The summed E-state index contributed by atoms with van der Waals surface area (Å²) < 4.78 is 3.33. The largest absolute Gasteiger partial charge is 0.331 e. The number of ketones is 1. The molecular formula is C10H12N4O. The van der Waals surface area contributed by atoms with Crippen molar-refractivity contribution in [2.45, 2.75) is 6.92 Å². The summed E-state index contributed by atoms with van der Waals surface area (Å²) in [6.07, 6.45) is 5.07. The first-order chi connectivity index (χ1) is 7.09. The van der Waals surface area contributed by atoms with E-state index in [1.165, 1.54) is 0 Å². The Kier molecular flexibility index (Phi) is 2.15. The summed E-state index contributed by atoms with van der Waals surface area (Å²) in [5, 5.41) is 4.13. The molecule has 0 aromatic carbocycles. The average molecular weight is 204 g/mol. The summed E-state index contributed by atoms with van der Waals surface area (Å²) in [6, 6.07) is 0. The second-order valence-corrected chi connectivity index (χ2v) is 3.49. The van der Waals surface area contributed by atoms with Gasteiger partial charge in [-0.25, -0.2) is 4.98 Å². The maximum Gasteiger partial charge on any atom is 0.231 e. The van der Waals surface area contributed by atoms with E-state index in [-0.39, 0.29) is 5.78 Å². The summed E-state index contributed by atoms with van der Waals surface area (Å²) in [5.41, 5.74) is 1.33. The smallest absolute Gasteiger partial charge is 0.231 e. The van der Waals surface area contributed by atoms with E-state index in [9.17, 15) is 4.79 Å². The van der Waals surface area contributed by atoms with E-state index >= 15 is 0 Å². The molecule has 2 rings (SSSR count). The number of imidazole rings is 1. The molecule has 0 saturated heterocycles. The van der Waals surface area contributed by atoms with Crippen LogP contribution in [0.3, 0.4) is 0 Å². The van der Waals surface area contributed by atoms with Gasteiger partial charge in [-0.05, 0) is 6.92 Å². The van der Waals surface area contributed by atoms with Crippen molar-refractivity contribution in [2.24, 2.45) is 14.1 Å². The Bertz CT molecular complexity index is 509. The van der Waals surface area contributed by atoms with Crippen LogP contribution >= 0.6 is 0 Å². The molecule has 2 heterocycles. The lowest BCUT2D eigenvalue weighted by Gasteiger charge is -1.98. The van der Waals surface area contributed by atoms with Gasteiger partial charge >= 0.3 is 0 Å². The summed E-state index contributed by atoms with van der Waals surface area (Å²) >= 11 is 0. The highest BCUT2D eigenvalue weighted by molar-refractivity contribution is 6.07. The Morgan fingerprint density at radius 1 is 1.40 bits per heavy atom. The van der Waals surface area contributed by atoms with Gasteiger partial charge in [0, 0.05) is 32.7 Å². The van der Waals surface area contributed by atoms with Crippen LogP contribution in [0.1, 0.15) is 21.9 Å². The molecule has 5 heteroatoms. The molecule has 0 fully saturated rings. The molecule has 0 spiro atoms. The number of aryl methyl sites for hydroxylation is 3. The fraction of sp³-hybridized carbons (Fsp3) is 0.300. The lowest BCUT2D eigenvalue weighted by molar-refractivity contribution is 0.102. The minimum atomic E-state index is -0.0897. The van der Waals surface area contributed by atoms with E-state index in [1.54, 1.807) is 41.9 Å². The third-order valence-electron chi connectivity index (χ3n) is 2.28. The SMILES string of the molecule is Cc1nn(C)cc1C(=O)c1nccn1C. The van der Waals surface area contributed by atoms with E-state index in [0.717, 1.165) is 5.69 Å². The molecule has 2 aromatic rings. The van der Waals surface area contributed by atoms with Crippen molar-refractivity contribution in [2.75, 3.05) is 0 Å². The van der Waals surface area contributed by atoms with Crippen molar-refractivity contribution >= 4 is 5.78 Å². The zero-order valence-electron chi connectivity index (χ0n) is 8.93. The van der Waals surface area contributed by atoms with Crippen molar-refractivity contribution < 1.29 is 4.79 Å². The summed E-state index contributed by atoms with van der Waals surface area (Å²) in [6.45, 7) is 1.82. The number of rotatable bonds is 2. The Hall–Kier alpha value is -1.91. The van der Waals surface area contributed by atoms with Gasteiger partial charge in [-0.3, -0.25) is 9.48 Å². The lowest BCUT2D eigenvalue weighted by atomic mass is 10.1. The molecule has 0 aliphatic heterocycles. The van der Waals surface area contributed by atoms with Gasteiger partial charge in [0.2, 0.25) is 5.78 Å². The molecule has 0 saturated carbocycles. The van der Waals surface area contributed by atoms with Gasteiger partial charge in [0.05, 0.1) is 11.3 Å². The third-order valence-corrected chi connectivity index (χ3v) is 2.28. The molecule has 0 atom stereocenters. The van der Waals surface area contributed by atoms with Crippen LogP contribution in [-0.2, 0) is 14.1 Å². The van der Waals surface area contributed by atoms with Gasteiger partial charge in [-0.15, -0.1) is 0 Å². The number of hydrogen-bond donors (Lipinski definition) is 0. The van der Waals surface area contributed by atoms with Crippen molar-refractivity contribution in [3.8, 4) is 0 Å². The minimum Gasteiger partial charge on any atom is -0.331 e. The molecule has 5 nitrogen and oxygen atoms in total. The highest BCUT2D eigenvalue weighted by atomic mass is 16.1. The van der Waals surface area contributed by atoms with Gasteiger partial charge in [-0.1, -0.05) is 0 Å². The number of nitrogens with zero attached hydrogens (tertiary/aromatic N) is 4. The summed E-state index contributed by atoms with van der Waals surface area (Å²) in [5.74, 6) is 0.346. The van der Waals surface area contributed by atoms with Gasteiger partial charge < -0.3 is 4.57 Å². The first kappa shape index (κ1) is 9.64. The third kappa shape index (κ3) is 1.56. The molecule has 2 aromatic heterocycles. The van der Waals surface area contributed by atoms with Crippen LogP contribution in [0.25, 0.3) is 0 Å². The number of hydrogen-bond acceptors (Lipinski definition) is 3. The molecular weight excluding hydrogens is 192 g/mol. The highest BCUT2D eigenvalue weighted by Crippen LogP contribution is 2.10. The van der Waals surface area contributed by atoms with Gasteiger partial charge in [0.1, 0.15) is 0 Å². The average Bonchev–Trinajstić information content (AvgIpc) is 2.71. The molecule has 0 aliphatic carbocycles. The monoisotopic (exact) mass is 204 g/mol. The molecule has 0 aliphatic rings. The second kappa shape index (κ2) is 3.34. The molecule has 0 unspecified atom stereocenters. The lowest BCUT2D eigenvalue weighted by Crippen LogP contribution is -2.09. The van der Waals surface area contributed by atoms with Crippen LogP contribution in [0.2, 0.25) is 0 Å². The van der Waals surface area contributed by atoms with E-state index in [2.05, 4.69) is 10.1 Å². The Balaban J connectivity index is 2.45. The topological polar surface area (TPSA) is 52.7 Å². The van der Waals surface area contributed by atoms with Crippen LogP contribution in [0.5, 0.6) is 0 Å². The minimum absolute atomic E-state index is 0.0897. The maximum absolute atomic E-state index is 12.0. The first-order valence-electron chi connectivity index (χ1n) is 4.62.